The standard InChI is InChI=1S/C34H31Cl2NO7/c1-20(2)31(39)33(22-8-6-5-7-9-22,27-16-14-25(37(42)43)18-29(27)35)23-10-12-24(13-11-23)34(41,32(40)44-21(3)4)28-17-15-26(38)19-30(28)36/h5-21,38,41H,1-4H3. The van der Waals surface area contributed by atoms with Gasteiger partial charge in [0.25, 0.3) is 5.69 Å². The molecule has 0 aliphatic carbocycles. The number of aromatic hydroxyl groups is 1. The summed E-state index contributed by atoms with van der Waals surface area (Å²) in [6.45, 7) is 6.78. The van der Waals surface area contributed by atoms with Crippen LogP contribution in [-0.2, 0) is 25.3 Å². The Morgan fingerprint density at radius 2 is 1.34 bits per heavy atom. The second-order valence-corrected chi connectivity index (χ2v) is 11.8. The lowest BCUT2D eigenvalue weighted by molar-refractivity contribution is -0.384. The number of non-ortho nitro benzene ring substituents is 1. The highest BCUT2D eigenvalue weighted by molar-refractivity contribution is 6.32. The third kappa shape index (κ3) is 5.80. The molecule has 2 unspecified atom stereocenters. The van der Waals surface area contributed by atoms with Crippen LogP contribution in [0.3, 0.4) is 0 Å². The summed E-state index contributed by atoms with van der Waals surface area (Å²) >= 11 is 13.1. The molecule has 228 valence electrons. The maximum Gasteiger partial charge on any atom is 0.348 e. The monoisotopic (exact) mass is 635 g/mol. The van der Waals surface area contributed by atoms with Crippen LogP contribution in [0.5, 0.6) is 5.75 Å². The predicted molar refractivity (Wildman–Crippen MR) is 168 cm³/mol. The number of nitro benzene ring substituents is 1. The van der Waals surface area contributed by atoms with Gasteiger partial charge in [0.1, 0.15) is 11.2 Å². The molecule has 0 saturated heterocycles. The number of hydrogen-bond acceptors (Lipinski definition) is 7. The fourth-order valence-electron chi connectivity index (χ4n) is 5.38. The van der Waals surface area contributed by atoms with Gasteiger partial charge in [-0.25, -0.2) is 4.79 Å². The summed E-state index contributed by atoms with van der Waals surface area (Å²) < 4.78 is 5.42. The fraction of sp³-hybridized carbons (Fsp3) is 0.235. The number of rotatable bonds is 10. The number of halogens is 2. The van der Waals surface area contributed by atoms with Crippen molar-refractivity contribution in [1.29, 1.82) is 0 Å². The quantitative estimate of drug-likeness (QED) is 0.0806. The molecule has 0 amide bonds. The number of nitro groups is 1. The number of hydrogen-bond donors (Lipinski definition) is 2. The highest BCUT2D eigenvalue weighted by Gasteiger charge is 2.48. The van der Waals surface area contributed by atoms with Crippen LogP contribution in [0, 0.1) is 16.0 Å². The van der Waals surface area contributed by atoms with Gasteiger partial charge in [0.05, 0.1) is 21.1 Å². The van der Waals surface area contributed by atoms with Crippen LogP contribution < -0.4 is 0 Å². The molecule has 10 heteroatoms. The van der Waals surface area contributed by atoms with Crippen molar-refractivity contribution in [2.24, 2.45) is 5.92 Å². The van der Waals surface area contributed by atoms with Gasteiger partial charge in [0.2, 0.25) is 5.60 Å². The molecule has 0 spiro atoms. The molecule has 4 rings (SSSR count). The molecule has 4 aromatic rings. The van der Waals surface area contributed by atoms with Crippen molar-refractivity contribution in [3.05, 3.63) is 139 Å². The Balaban J connectivity index is 2.03. The minimum absolute atomic E-state index is 0.0126. The van der Waals surface area contributed by atoms with Gasteiger partial charge in [-0.2, -0.15) is 0 Å². The summed E-state index contributed by atoms with van der Waals surface area (Å²) in [4.78, 5) is 38.8. The minimum atomic E-state index is -2.38. The lowest BCUT2D eigenvalue weighted by atomic mass is 9.64. The van der Waals surface area contributed by atoms with Crippen molar-refractivity contribution in [2.75, 3.05) is 0 Å². The Morgan fingerprint density at radius 1 is 0.795 bits per heavy atom. The zero-order valence-corrected chi connectivity index (χ0v) is 26.0. The van der Waals surface area contributed by atoms with Gasteiger partial charge in [-0.05, 0) is 54.3 Å². The number of carbonyl (C=O) groups excluding carboxylic acids is 2. The summed E-state index contributed by atoms with van der Waals surface area (Å²) in [6, 6.07) is 22.9. The summed E-state index contributed by atoms with van der Waals surface area (Å²) in [6.07, 6.45) is -0.567. The molecule has 0 aromatic heterocycles. The fourth-order valence-corrected chi connectivity index (χ4v) is 6.01. The first-order valence-corrected chi connectivity index (χ1v) is 14.6. The number of carbonyl (C=O) groups is 2. The van der Waals surface area contributed by atoms with Gasteiger partial charge in [0.15, 0.2) is 5.78 Å². The number of aliphatic hydroxyl groups is 1. The molecule has 0 aliphatic heterocycles. The first kappa shape index (κ1) is 32.7. The average molecular weight is 637 g/mol. The van der Waals surface area contributed by atoms with E-state index < -0.39 is 33.9 Å². The van der Waals surface area contributed by atoms with Crippen molar-refractivity contribution in [2.45, 2.75) is 44.8 Å². The van der Waals surface area contributed by atoms with E-state index >= 15 is 0 Å². The molecule has 2 atom stereocenters. The molecule has 8 nitrogen and oxygen atoms in total. The molecule has 44 heavy (non-hydrogen) atoms. The largest absolute Gasteiger partial charge is 0.508 e. The first-order valence-electron chi connectivity index (χ1n) is 13.8. The lowest BCUT2D eigenvalue weighted by Crippen LogP contribution is -2.42. The summed E-state index contributed by atoms with van der Waals surface area (Å²) in [5.41, 5.74) is -2.71. The average Bonchev–Trinajstić information content (AvgIpc) is 2.98. The number of esters is 1. The van der Waals surface area contributed by atoms with Crippen molar-refractivity contribution in [1.82, 2.24) is 0 Å². The Bertz CT molecular complexity index is 1710. The summed E-state index contributed by atoms with van der Waals surface area (Å²) in [5.74, 6) is -1.88. The normalized spacial score (nSPS) is 14.1. The highest BCUT2D eigenvalue weighted by Crippen LogP contribution is 2.46. The van der Waals surface area contributed by atoms with E-state index in [-0.39, 0.29) is 38.4 Å². The lowest BCUT2D eigenvalue weighted by Gasteiger charge is -2.37. The number of nitrogens with zero attached hydrogens (tertiary/aromatic N) is 1. The van der Waals surface area contributed by atoms with Crippen LogP contribution >= 0.6 is 23.2 Å². The molecule has 0 radical (unpaired) electrons. The van der Waals surface area contributed by atoms with E-state index in [4.69, 9.17) is 27.9 Å². The zero-order chi connectivity index (χ0) is 32.4. The van der Waals surface area contributed by atoms with Crippen molar-refractivity contribution < 1.29 is 29.5 Å². The van der Waals surface area contributed by atoms with Crippen LogP contribution in [0.2, 0.25) is 10.0 Å². The van der Waals surface area contributed by atoms with Crippen molar-refractivity contribution in [3.8, 4) is 5.75 Å². The van der Waals surface area contributed by atoms with Gasteiger partial charge in [-0.3, -0.25) is 14.9 Å². The minimum Gasteiger partial charge on any atom is -0.508 e. The van der Waals surface area contributed by atoms with Gasteiger partial charge in [0, 0.05) is 23.6 Å². The third-order valence-corrected chi connectivity index (χ3v) is 8.01. The van der Waals surface area contributed by atoms with Gasteiger partial charge < -0.3 is 14.9 Å². The Kier molecular flexibility index (Phi) is 9.49. The molecular weight excluding hydrogens is 605 g/mol. The zero-order valence-electron chi connectivity index (χ0n) is 24.5. The van der Waals surface area contributed by atoms with E-state index in [0.29, 0.717) is 16.7 Å². The second kappa shape index (κ2) is 12.8. The molecule has 0 aliphatic rings. The molecular formula is C34H31Cl2NO7. The molecule has 0 fully saturated rings. The summed E-state index contributed by atoms with van der Waals surface area (Å²) in [7, 11) is 0. The Labute approximate surface area is 265 Å². The third-order valence-electron chi connectivity index (χ3n) is 7.38. The van der Waals surface area contributed by atoms with Crippen LogP contribution in [0.25, 0.3) is 0 Å². The van der Waals surface area contributed by atoms with Crippen molar-refractivity contribution in [3.63, 3.8) is 0 Å². The van der Waals surface area contributed by atoms with E-state index in [1.807, 2.05) is 0 Å². The maximum absolute atomic E-state index is 14.4. The van der Waals surface area contributed by atoms with Crippen LogP contribution in [0.4, 0.5) is 5.69 Å². The van der Waals surface area contributed by atoms with Gasteiger partial charge in [-0.1, -0.05) is 97.7 Å². The number of ether oxygens (including phenoxy) is 1. The van der Waals surface area contributed by atoms with Crippen LogP contribution in [0.15, 0.2) is 91.0 Å². The predicted octanol–water partition coefficient (Wildman–Crippen LogP) is 7.35. The number of benzene rings is 4. The number of Topliss-reactive ketones (excluding diaryl/α,β-unsaturated/α-hetero) is 1. The SMILES string of the molecule is CC(C)OC(=O)C(O)(c1ccc(C(C(=O)C(C)C)(c2ccccc2)c2ccc([N+](=O)[O-])cc2Cl)cc1)c1ccc(O)cc1Cl. The van der Waals surface area contributed by atoms with Crippen molar-refractivity contribution >= 4 is 40.6 Å². The number of phenols is 1. The smallest absolute Gasteiger partial charge is 0.348 e. The van der Waals surface area contributed by atoms with E-state index in [0.717, 1.165) is 0 Å². The topological polar surface area (TPSA) is 127 Å². The Morgan fingerprint density at radius 3 is 1.86 bits per heavy atom. The molecule has 2 N–H and O–H groups in total. The number of phenolic OH excluding ortho intramolecular Hbond substituents is 1. The second-order valence-electron chi connectivity index (χ2n) is 11.0. The van der Waals surface area contributed by atoms with E-state index in [9.17, 15) is 29.9 Å². The van der Waals surface area contributed by atoms with E-state index in [1.54, 1.807) is 70.2 Å². The van der Waals surface area contributed by atoms with Crippen LogP contribution in [-0.4, -0.2) is 33.0 Å². The van der Waals surface area contributed by atoms with Gasteiger partial charge >= 0.3 is 5.97 Å². The Hall–Kier alpha value is -4.24. The first-order chi connectivity index (χ1) is 20.7. The van der Waals surface area contributed by atoms with E-state index in [1.165, 1.54) is 48.5 Å². The molecule has 0 bridgehead atoms. The van der Waals surface area contributed by atoms with E-state index in [2.05, 4.69) is 0 Å². The molecule has 0 saturated carbocycles. The van der Waals surface area contributed by atoms with Crippen LogP contribution in [0.1, 0.15) is 55.5 Å². The molecule has 0 heterocycles. The van der Waals surface area contributed by atoms with Gasteiger partial charge in [-0.15, -0.1) is 0 Å². The highest BCUT2D eigenvalue weighted by atomic mass is 35.5. The molecule has 4 aromatic carbocycles. The number of ketones is 1. The summed E-state index contributed by atoms with van der Waals surface area (Å²) in [5, 5.41) is 33.4. The maximum atomic E-state index is 14.4.